The predicted octanol–water partition coefficient (Wildman–Crippen LogP) is 2.66. The fraction of sp³-hybridized carbons (Fsp3) is 0.412. The molecule has 0 bridgehead atoms. The maximum atomic E-state index is 12.5. The van der Waals surface area contributed by atoms with Crippen molar-refractivity contribution < 1.29 is 4.79 Å². The van der Waals surface area contributed by atoms with Crippen LogP contribution in [-0.2, 0) is 6.42 Å². The summed E-state index contributed by atoms with van der Waals surface area (Å²) in [4.78, 5) is 18.8. The second-order valence-electron chi connectivity index (χ2n) is 5.64. The lowest BCUT2D eigenvalue weighted by atomic mass is 9.89. The number of thiazole rings is 1. The van der Waals surface area contributed by atoms with Gasteiger partial charge < -0.3 is 10.6 Å². The molecule has 2 N–H and O–H groups in total. The average molecular weight is 315 g/mol. The van der Waals surface area contributed by atoms with Crippen molar-refractivity contribution in [1.82, 2.24) is 9.88 Å². The molecule has 0 radical (unpaired) electrons. The van der Waals surface area contributed by atoms with Crippen molar-refractivity contribution in [2.75, 3.05) is 19.6 Å². The molecule has 1 saturated heterocycles. The molecule has 1 aliphatic rings. The van der Waals surface area contributed by atoms with Gasteiger partial charge in [0.25, 0.3) is 5.91 Å². The van der Waals surface area contributed by atoms with E-state index in [0.29, 0.717) is 18.2 Å². The summed E-state index contributed by atoms with van der Waals surface area (Å²) in [5.41, 5.74) is 7.49. The molecule has 0 atom stereocenters. The number of benzene rings is 1. The van der Waals surface area contributed by atoms with Gasteiger partial charge in [-0.25, -0.2) is 4.98 Å². The van der Waals surface area contributed by atoms with Gasteiger partial charge in [-0.3, -0.25) is 4.79 Å². The Hall–Kier alpha value is -1.72. The molecular formula is C17H21N3OS. The third-order valence-corrected chi connectivity index (χ3v) is 5.09. The van der Waals surface area contributed by atoms with Gasteiger partial charge in [-0.05, 0) is 30.9 Å². The molecule has 1 fully saturated rings. The molecule has 1 aliphatic heterocycles. The number of amides is 1. The highest BCUT2D eigenvalue weighted by Gasteiger charge is 2.25. The minimum Gasteiger partial charge on any atom is -0.337 e. The number of nitrogens with two attached hydrogens (primary N) is 1. The van der Waals surface area contributed by atoms with Crippen LogP contribution in [0.15, 0.2) is 35.7 Å². The number of nitrogens with zero attached hydrogens (tertiary/aromatic N) is 2. The molecule has 0 spiro atoms. The summed E-state index contributed by atoms with van der Waals surface area (Å²) in [5.74, 6) is 0.625. The molecule has 1 amide bonds. The molecule has 5 heteroatoms. The zero-order valence-corrected chi connectivity index (χ0v) is 13.4. The number of carbonyl (C=O) groups is 1. The van der Waals surface area contributed by atoms with E-state index in [4.69, 9.17) is 5.73 Å². The Bertz CT molecular complexity index is 618. The van der Waals surface area contributed by atoms with E-state index in [1.165, 1.54) is 16.9 Å². The molecular weight excluding hydrogens is 294 g/mol. The van der Waals surface area contributed by atoms with Crippen molar-refractivity contribution in [2.45, 2.75) is 25.2 Å². The van der Waals surface area contributed by atoms with Gasteiger partial charge in [0, 0.05) is 24.9 Å². The van der Waals surface area contributed by atoms with Crippen LogP contribution < -0.4 is 5.73 Å². The van der Waals surface area contributed by atoms with Crippen LogP contribution in [0.3, 0.4) is 0 Å². The highest BCUT2D eigenvalue weighted by molar-refractivity contribution is 7.09. The second-order valence-corrected chi connectivity index (χ2v) is 6.58. The van der Waals surface area contributed by atoms with E-state index in [1.54, 1.807) is 0 Å². The first-order valence-corrected chi connectivity index (χ1v) is 8.64. The Kier molecular flexibility index (Phi) is 4.85. The van der Waals surface area contributed by atoms with Gasteiger partial charge in [-0.2, -0.15) is 0 Å². The number of piperidine rings is 1. The van der Waals surface area contributed by atoms with Crippen molar-refractivity contribution in [3.8, 4) is 0 Å². The Balaban J connectivity index is 1.59. The second kappa shape index (κ2) is 7.03. The van der Waals surface area contributed by atoms with Crippen LogP contribution in [0.4, 0.5) is 0 Å². The van der Waals surface area contributed by atoms with Crippen LogP contribution in [0.1, 0.15) is 39.8 Å². The van der Waals surface area contributed by atoms with Gasteiger partial charge in [-0.1, -0.05) is 30.3 Å². The number of hydrogen-bond donors (Lipinski definition) is 1. The standard InChI is InChI=1S/C17H21N3OS/c18-9-6-16-19-15(12-22-16)17(21)20-10-7-14(8-11-20)13-4-2-1-3-5-13/h1-5,12,14H,6-11,18H2. The topological polar surface area (TPSA) is 59.2 Å². The van der Waals surface area contributed by atoms with Gasteiger partial charge in [0.1, 0.15) is 5.69 Å². The average Bonchev–Trinajstić information content (AvgIpc) is 3.04. The van der Waals surface area contributed by atoms with Gasteiger partial charge >= 0.3 is 0 Å². The maximum absolute atomic E-state index is 12.5. The zero-order chi connectivity index (χ0) is 15.4. The first-order valence-electron chi connectivity index (χ1n) is 7.76. The summed E-state index contributed by atoms with van der Waals surface area (Å²) in [6, 6.07) is 10.6. The molecule has 0 saturated carbocycles. The van der Waals surface area contributed by atoms with Gasteiger partial charge in [-0.15, -0.1) is 11.3 Å². The summed E-state index contributed by atoms with van der Waals surface area (Å²) < 4.78 is 0. The van der Waals surface area contributed by atoms with Crippen LogP contribution in [0.5, 0.6) is 0 Å². The van der Waals surface area contributed by atoms with E-state index < -0.39 is 0 Å². The van der Waals surface area contributed by atoms with E-state index in [-0.39, 0.29) is 5.91 Å². The molecule has 2 heterocycles. The molecule has 4 nitrogen and oxygen atoms in total. The number of rotatable bonds is 4. The lowest BCUT2D eigenvalue weighted by Crippen LogP contribution is -2.38. The first-order chi connectivity index (χ1) is 10.8. The van der Waals surface area contributed by atoms with E-state index in [0.717, 1.165) is 37.4 Å². The highest BCUT2D eigenvalue weighted by atomic mass is 32.1. The van der Waals surface area contributed by atoms with Crippen LogP contribution in [-0.4, -0.2) is 35.4 Å². The molecule has 1 aromatic heterocycles. The Labute approximate surface area is 135 Å². The SMILES string of the molecule is NCCc1nc(C(=O)N2CCC(c3ccccc3)CC2)cs1. The van der Waals surface area contributed by atoms with Crippen molar-refractivity contribution in [2.24, 2.45) is 5.73 Å². The molecule has 22 heavy (non-hydrogen) atoms. The number of aromatic nitrogens is 1. The maximum Gasteiger partial charge on any atom is 0.273 e. The summed E-state index contributed by atoms with van der Waals surface area (Å²) in [6.45, 7) is 2.19. The number of hydrogen-bond acceptors (Lipinski definition) is 4. The lowest BCUT2D eigenvalue weighted by molar-refractivity contribution is 0.0707. The lowest BCUT2D eigenvalue weighted by Gasteiger charge is -2.31. The molecule has 0 unspecified atom stereocenters. The van der Waals surface area contributed by atoms with Crippen LogP contribution in [0.2, 0.25) is 0 Å². The first kappa shape index (κ1) is 15.2. The fourth-order valence-corrected chi connectivity index (χ4v) is 3.74. The minimum absolute atomic E-state index is 0.0611. The fourth-order valence-electron chi connectivity index (χ4n) is 2.95. The highest BCUT2D eigenvalue weighted by Crippen LogP contribution is 2.28. The van der Waals surface area contributed by atoms with Crippen molar-refractivity contribution in [3.63, 3.8) is 0 Å². The predicted molar refractivity (Wildman–Crippen MR) is 89.2 cm³/mol. The van der Waals surface area contributed by atoms with Crippen LogP contribution in [0, 0.1) is 0 Å². The minimum atomic E-state index is 0.0611. The third-order valence-electron chi connectivity index (χ3n) is 4.18. The van der Waals surface area contributed by atoms with Crippen LogP contribution in [0.25, 0.3) is 0 Å². The third kappa shape index (κ3) is 3.36. The van der Waals surface area contributed by atoms with Crippen molar-refractivity contribution in [1.29, 1.82) is 0 Å². The van der Waals surface area contributed by atoms with Crippen molar-refractivity contribution >= 4 is 17.2 Å². The quantitative estimate of drug-likeness (QED) is 0.943. The summed E-state index contributed by atoms with van der Waals surface area (Å²) in [7, 11) is 0. The summed E-state index contributed by atoms with van der Waals surface area (Å²) >= 11 is 1.53. The molecule has 3 rings (SSSR count). The van der Waals surface area contributed by atoms with Crippen molar-refractivity contribution in [3.05, 3.63) is 52.0 Å². The molecule has 116 valence electrons. The number of likely N-dealkylation sites (tertiary alicyclic amines) is 1. The van der Waals surface area contributed by atoms with E-state index >= 15 is 0 Å². The Morgan fingerprint density at radius 3 is 2.68 bits per heavy atom. The Morgan fingerprint density at radius 2 is 2.00 bits per heavy atom. The van der Waals surface area contributed by atoms with Gasteiger partial charge in [0.15, 0.2) is 0 Å². The van der Waals surface area contributed by atoms with E-state index in [1.807, 2.05) is 16.3 Å². The summed E-state index contributed by atoms with van der Waals surface area (Å²) in [5, 5.41) is 2.81. The smallest absolute Gasteiger partial charge is 0.273 e. The molecule has 1 aromatic carbocycles. The Morgan fingerprint density at radius 1 is 1.27 bits per heavy atom. The number of carbonyl (C=O) groups excluding carboxylic acids is 1. The van der Waals surface area contributed by atoms with Gasteiger partial charge in [0.2, 0.25) is 0 Å². The molecule has 0 aliphatic carbocycles. The largest absolute Gasteiger partial charge is 0.337 e. The normalized spacial score (nSPS) is 16.0. The van der Waals surface area contributed by atoms with E-state index in [9.17, 15) is 4.79 Å². The van der Waals surface area contributed by atoms with E-state index in [2.05, 4.69) is 29.2 Å². The summed E-state index contributed by atoms with van der Waals surface area (Å²) in [6.07, 6.45) is 2.79. The van der Waals surface area contributed by atoms with Crippen LogP contribution >= 0.6 is 11.3 Å². The van der Waals surface area contributed by atoms with Gasteiger partial charge in [0.05, 0.1) is 5.01 Å². The monoisotopic (exact) mass is 315 g/mol. The molecule has 2 aromatic rings. The zero-order valence-electron chi connectivity index (χ0n) is 12.6.